The lowest BCUT2D eigenvalue weighted by Gasteiger charge is -2.09. The highest BCUT2D eigenvalue weighted by Crippen LogP contribution is 2.13. The summed E-state index contributed by atoms with van der Waals surface area (Å²) < 4.78 is 30.0. The molecule has 18 heavy (non-hydrogen) atoms. The van der Waals surface area contributed by atoms with Crippen molar-refractivity contribution >= 4 is 15.8 Å². The first-order valence-electron chi connectivity index (χ1n) is 5.33. The summed E-state index contributed by atoms with van der Waals surface area (Å²) in [5.74, 6) is 0.129. The molecule has 1 aromatic heterocycles. The van der Waals surface area contributed by atoms with Crippen LogP contribution in [-0.4, -0.2) is 44.3 Å². The fraction of sp³-hybridized carbons (Fsp3) is 0.556. The molecule has 1 heterocycles. The zero-order valence-electron chi connectivity index (χ0n) is 10.2. The van der Waals surface area contributed by atoms with E-state index in [1.54, 1.807) is 6.92 Å². The van der Waals surface area contributed by atoms with Crippen LogP contribution in [0.15, 0.2) is 11.1 Å². The highest BCUT2D eigenvalue weighted by Gasteiger charge is 2.11. The van der Waals surface area contributed by atoms with Crippen molar-refractivity contribution in [3.63, 3.8) is 0 Å². The van der Waals surface area contributed by atoms with Gasteiger partial charge in [0.05, 0.1) is 19.2 Å². The minimum Gasteiger partial charge on any atom is -0.489 e. The van der Waals surface area contributed by atoms with Gasteiger partial charge in [0.1, 0.15) is 0 Å². The SMILES string of the molecule is CCNS(=O)(=O)CCNc1nc[nH]c(=O)c1OC. The lowest BCUT2D eigenvalue weighted by molar-refractivity contribution is 0.408. The zero-order chi connectivity index (χ0) is 13.6. The van der Waals surface area contributed by atoms with Gasteiger partial charge in [-0.2, -0.15) is 0 Å². The molecule has 1 rings (SSSR count). The molecule has 0 unspecified atom stereocenters. The Morgan fingerprint density at radius 3 is 2.83 bits per heavy atom. The van der Waals surface area contributed by atoms with Crippen LogP contribution in [0.1, 0.15) is 6.92 Å². The van der Waals surface area contributed by atoms with E-state index in [9.17, 15) is 13.2 Å². The summed E-state index contributed by atoms with van der Waals surface area (Å²) in [5.41, 5.74) is -0.426. The molecule has 0 aliphatic carbocycles. The number of methoxy groups -OCH3 is 1. The average Bonchev–Trinajstić information content (AvgIpc) is 2.29. The van der Waals surface area contributed by atoms with Crippen LogP contribution in [0.5, 0.6) is 5.75 Å². The number of aromatic amines is 1. The van der Waals surface area contributed by atoms with E-state index >= 15 is 0 Å². The Kier molecular flexibility index (Phi) is 5.10. The highest BCUT2D eigenvalue weighted by atomic mass is 32.2. The van der Waals surface area contributed by atoms with Crippen molar-refractivity contribution in [2.24, 2.45) is 0 Å². The zero-order valence-corrected chi connectivity index (χ0v) is 11.0. The molecule has 0 saturated carbocycles. The van der Waals surface area contributed by atoms with Crippen LogP contribution in [0.2, 0.25) is 0 Å². The Labute approximate surface area is 105 Å². The summed E-state index contributed by atoms with van der Waals surface area (Å²) in [6.07, 6.45) is 1.21. The van der Waals surface area contributed by atoms with E-state index in [4.69, 9.17) is 4.74 Å². The Bertz CT molecular complexity index is 540. The summed E-state index contributed by atoms with van der Waals surface area (Å²) >= 11 is 0. The number of rotatable bonds is 7. The molecule has 0 bridgehead atoms. The number of hydrogen-bond acceptors (Lipinski definition) is 6. The van der Waals surface area contributed by atoms with Crippen LogP contribution in [0.25, 0.3) is 0 Å². The Hall–Kier alpha value is -1.61. The van der Waals surface area contributed by atoms with Gasteiger partial charge < -0.3 is 15.0 Å². The van der Waals surface area contributed by atoms with Gasteiger partial charge in [0.2, 0.25) is 15.8 Å². The summed E-state index contributed by atoms with van der Waals surface area (Å²) in [6.45, 7) is 2.17. The topological polar surface area (TPSA) is 113 Å². The lowest BCUT2D eigenvalue weighted by Crippen LogP contribution is -2.29. The number of nitrogens with one attached hydrogen (secondary N) is 3. The van der Waals surface area contributed by atoms with Crippen LogP contribution in [0.3, 0.4) is 0 Å². The van der Waals surface area contributed by atoms with Gasteiger partial charge in [0, 0.05) is 13.1 Å². The first kappa shape index (κ1) is 14.5. The molecule has 0 fully saturated rings. The molecule has 102 valence electrons. The van der Waals surface area contributed by atoms with Crippen molar-refractivity contribution in [1.82, 2.24) is 14.7 Å². The van der Waals surface area contributed by atoms with Crippen LogP contribution in [-0.2, 0) is 10.0 Å². The molecule has 3 N–H and O–H groups in total. The molecule has 8 nitrogen and oxygen atoms in total. The summed E-state index contributed by atoms with van der Waals surface area (Å²) in [4.78, 5) is 17.6. The molecule has 1 aromatic rings. The fourth-order valence-electron chi connectivity index (χ4n) is 1.30. The third-order valence-corrected chi connectivity index (χ3v) is 3.51. The number of hydrogen-bond donors (Lipinski definition) is 3. The monoisotopic (exact) mass is 276 g/mol. The molecular formula is C9H16N4O4S. The van der Waals surface area contributed by atoms with E-state index < -0.39 is 15.6 Å². The first-order chi connectivity index (χ1) is 8.50. The maximum atomic E-state index is 11.4. The third-order valence-electron chi connectivity index (χ3n) is 2.04. The average molecular weight is 276 g/mol. The van der Waals surface area contributed by atoms with Crippen molar-refractivity contribution in [3.05, 3.63) is 16.7 Å². The summed E-state index contributed by atoms with van der Waals surface area (Å²) in [6, 6.07) is 0. The van der Waals surface area contributed by atoms with Crippen LogP contribution >= 0.6 is 0 Å². The molecule has 0 aromatic carbocycles. The lowest BCUT2D eigenvalue weighted by atomic mass is 10.5. The van der Waals surface area contributed by atoms with E-state index in [2.05, 4.69) is 20.0 Å². The summed E-state index contributed by atoms with van der Waals surface area (Å²) in [5, 5.41) is 2.74. The minimum absolute atomic E-state index is 0.0262. The predicted octanol–water partition coefficient (Wildman–Crippen LogP) is -0.870. The van der Waals surface area contributed by atoms with Gasteiger partial charge in [0.15, 0.2) is 5.82 Å². The molecule has 0 aliphatic rings. The number of anilines is 1. The van der Waals surface area contributed by atoms with Gasteiger partial charge in [-0.15, -0.1) is 0 Å². The van der Waals surface area contributed by atoms with Crippen LogP contribution in [0.4, 0.5) is 5.82 Å². The van der Waals surface area contributed by atoms with E-state index in [0.29, 0.717) is 6.54 Å². The molecule has 0 saturated heterocycles. The molecule has 0 amide bonds. The van der Waals surface area contributed by atoms with Crippen molar-refractivity contribution < 1.29 is 13.2 Å². The molecule has 0 radical (unpaired) electrons. The molecular weight excluding hydrogens is 260 g/mol. The van der Waals surface area contributed by atoms with Gasteiger partial charge in [-0.1, -0.05) is 6.92 Å². The Morgan fingerprint density at radius 2 is 2.22 bits per heavy atom. The van der Waals surface area contributed by atoms with E-state index in [1.165, 1.54) is 13.4 Å². The van der Waals surface area contributed by atoms with Crippen LogP contribution in [0, 0.1) is 0 Å². The smallest absolute Gasteiger partial charge is 0.295 e. The highest BCUT2D eigenvalue weighted by molar-refractivity contribution is 7.89. The van der Waals surface area contributed by atoms with Crippen molar-refractivity contribution in [2.45, 2.75) is 6.92 Å². The molecule has 0 aliphatic heterocycles. The summed E-state index contributed by atoms with van der Waals surface area (Å²) in [7, 11) is -1.96. The quantitative estimate of drug-likeness (QED) is 0.596. The van der Waals surface area contributed by atoms with Crippen LogP contribution < -0.4 is 20.3 Å². The second-order valence-corrected chi connectivity index (χ2v) is 5.28. The maximum Gasteiger partial charge on any atom is 0.295 e. The molecule has 0 spiro atoms. The second-order valence-electron chi connectivity index (χ2n) is 3.36. The van der Waals surface area contributed by atoms with Crippen molar-refractivity contribution in [2.75, 3.05) is 31.3 Å². The second kappa shape index (κ2) is 6.36. The van der Waals surface area contributed by atoms with E-state index in [0.717, 1.165) is 0 Å². The van der Waals surface area contributed by atoms with Gasteiger partial charge in [0.25, 0.3) is 5.56 Å². The third kappa shape index (κ3) is 4.00. The van der Waals surface area contributed by atoms with Gasteiger partial charge in [-0.05, 0) is 0 Å². The Balaban J connectivity index is 2.65. The van der Waals surface area contributed by atoms with E-state index in [1.807, 2.05) is 0 Å². The molecule has 9 heteroatoms. The van der Waals surface area contributed by atoms with Gasteiger partial charge in [-0.25, -0.2) is 18.1 Å². The fourth-order valence-corrected chi connectivity index (χ4v) is 2.25. The molecule has 0 atom stereocenters. The van der Waals surface area contributed by atoms with Crippen molar-refractivity contribution in [1.29, 1.82) is 0 Å². The standard InChI is InChI=1S/C9H16N4O4S/c1-3-13-18(15,16)5-4-10-8-7(17-2)9(14)12-6-11-8/h6,13H,3-5H2,1-2H3,(H2,10,11,12,14). The number of aromatic nitrogens is 2. The first-order valence-corrected chi connectivity index (χ1v) is 6.98. The van der Waals surface area contributed by atoms with Gasteiger partial charge >= 0.3 is 0 Å². The number of H-pyrrole nitrogens is 1. The normalized spacial score (nSPS) is 11.2. The van der Waals surface area contributed by atoms with E-state index in [-0.39, 0.29) is 23.9 Å². The van der Waals surface area contributed by atoms with Crippen molar-refractivity contribution in [3.8, 4) is 5.75 Å². The largest absolute Gasteiger partial charge is 0.489 e. The number of nitrogens with zero attached hydrogens (tertiary/aromatic N) is 1. The minimum atomic E-state index is -3.30. The predicted molar refractivity (Wildman–Crippen MR) is 67.4 cm³/mol. The number of ether oxygens (including phenoxy) is 1. The Morgan fingerprint density at radius 1 is 1.50 bits per heavy atom. The maximum absolute atomic E-state index is 11.4. The van der Waals surface area contributed by atoms with Gasteiger partial charge in [-0.3, -0.25) is 4.79 Å². The number of sulfonamides is 1.